The Bertz CT molecular complexity index is 253. The number of rotatable bonds is 3. The zero-order valence-corrected chi connectivity index (χ0v) is 6.87. The Balaban J connectivity index is 2.97. The predicted molar refractivity (Wildman–Crippen MR) is 42.6 cm³/mol. The third-order valence-electron chi connectivity index (χ3n) is 1.69. The minimum Gasteiger partial charge on any atom is -0.337 e. The Morgan fingerprint density at radius 2 is 2.45 bits per heavy atom. The molecule has 1 heterocycles. The Hall–Kier alpha value is -1.12. The summed E-state index contributed by atoms with van der Waals surface area (Å²) in [7, 11) is 1.91. The summed E-state index contributed by atoms with van der Waals surface area (Å²) in [6.45, 7) is 2.08. The molecule has 60 valence electrons. The number of carbonyl (C=O) groups is 1. The van der Waals surface area contributed by atoms with E-state index in [1.165, 1.54) is 0 Å². The van der Waals surface area contributed by atoms with Crippen molar-refractivity contribution in [2.24, 2.45) is 7.05 Å². The molecule has 11 heavy (non-hydrogen) atoms. The monoisotopic (exact) mass is 152 g/mol. The van der Waals surface area contributed by atoms with Crippen LogP contribution in [0.5, 0.6) is 0 Å². The van der Waals surface area contributed by atoms with Crippen LogP contribution in [0.1, 0.15) is 29.5 Å². The highest BCUT2D eigenvalue weighted by atomic mass is 16.1. The maximum absolute atomic E-state index is 10.4. The molecule has 0 atom stereocenters. The molecule has 0 fully saturated rings. The van der Waals surface area contributed by atoms with Crippen LogP contribution in [0.15, 0.2) is 6.33 Å². The maximum atomic E-state index is 10.4. The lowest BCUT2D eigenvalue weighted by molar-refractivity contribution is 0.111. The molecule has 0 radical (unpaired) electrons. The van der Waals surface area contributed by atoms with Gasteiger partial charge in [-0.3, -0.25) is 4.79 Å². The first-order valence-electron chi connectivity index (χ1n) is 3.75. The van der Waals surface area contributed by atoms with Crippen molar-refractivity contribution >= 4 is 6.29 Å². The quantitative estimate of drug-likeness (QED) is 0.610. The number of nitrogens with zero attached hydrogens (tertiary/aromatic N) is 2. The van der Waals surface area contributed by atoms with Crippen LogP contribution in [0.25, 0.3) is 0 Å². The summed E-state index contributed by atoms with van der Waals surface area (Å²) in [5, 5.41) is 0. The van der Waals surface area contributed by atoms with Gasteiger partial charge in [0.25, 0.3) is 0 Å². The molecule has 0 bridgehead atoms. The van der Waals surface area contributed by atoms with Crippen LogP contribution in [0.2, 0.25) is 0 Å². The predicted octanol–water partition coefficient (Wildman–Crippen LogP) is 1.19. The van der Waals surface area contributed by atoms with Crippen molar-refractivity contribution in [3.63, 3.8) is 0 Å². The molecule has 0 saturated carbocycles. The van der Waals surface area contributed by atoms with Gasteiger partial charge in [-0.25, -0.2) is 4.98 Å². The number of carbonyl (C=O) groups excluding carboxylic acids is 1. The van der Waals surface area contributed by atoms with E-state index in [2.05, 4.69) is 11.9 Å². The largest absolute Gasteiger partial charge is 0.337 e. The van der Waals surface area contributed by atoms with E-state index < -0.39 is 0 Å². The highest BCUT2D eigenvalue weighted by Gasteiger charge is 2.05. The molecule has 3 nitrogen and oxygen atoms in total. The third kappa shape index (κ3) is 1.48. The number of imidazole rings is 1. The zero-order valence-electron chi connectivity index (χ0n) is 6.87. The van der Waals surface area contributed by atoms with Crippen LogP contribution in [-0.2, 0) is 13.5 Å². The molecular formula is C8H12N2O. The number of aromatic nitrogens is 2. The topological polar surface area (TPSA) is 34.9 Å². The Labute approximate surface area is 66.1 Å². The maximum Gasteiger partial charge on any atom is 0.170 e. The molecule has 0 N–H and O–H groups in total. The SMILES string of the molecule is CCCc1c(C=O)ncn1C. The minimum absolute atomic E-state index is 0.578. The molecule has 0 amide bonds. The lowest BCUT2D eigenvalue weighted by Crippen LogP contribution is -1.97. The zero-order chi connectivity index (χ0) is 8.27. The van der Waals surface area contributed by atoms with Crippen LogP contribution in [-0.4, -0.2) is 15.8 Å². The first-order valence-corrected chi connectivity index (χ1v) is 3.75. The van der Waals surface area contributed by atoms with Gasteiger partial charge in [0.05, 0.1) is 6.33 Å². The van der Waals surface area contributed by atoms with Crippen molar-refractivity contribution in [1.29, 1.82) is 0 Å². The average Bonchev–Trinajstić information content (AvgIpc) is 2.34. The molecule has 0 aliphatic carbocycles. The van der Waals surface area contributed by atoms with E-state index in [0.717, 1.165) is 24.8 Å². The van der Waals surface area contributed by atoms with Crippen LogP contribution in [0.3, 0.4) is 0 Å². The van der Waals surface area contributed by atoms with Crippen LogP contribution in [0, 0.1) is 0 Å². The van der Waals surface area contributed by atoms with Crippen LogP contribution < -0.4 is 0 Å². The van der Waals surface area contributed by atoms with Gasteiger partial charge in [0.1, 0.15) is 5.69 Å². The fourth-order valence-electron chi connectivity index (χ4n) is 1.11. The molecule has 0 aromatic carbocycles. The molecule has 1 aromatic heterocycles. The van der Waals surface area contributed by atoms with Gasteiger partial charge in [-0.15, -0.1) is 0 Å². The summed E-state index contributed by atoms with van der Waals surface area (Å²) in [6, 6.07) is 0. The normalized spacial score (nSPS) is 10.0. The van der Waals surface area contributed by atoms with Crippen LogP contribution in [0.4, 0.5) is 0 Å². The lowest BCUT2D eigenvalue weighted by atomic mass is 10.2. The van der Waals surface area contributed by atoms with Crippen molar-refractivity contribution in [2.75, 3.05) is 0 Å². The van der Waals surface area contributed by atoms with E-state index in [4.69, 9.17) is 0 Å². The van der Waals surface area contributed by atoms with Gasteiger partial charge in [0, 0.05) is 12.7 Å². The highest BCUT2D eigenvalue weighted by Crippen LogP contribution is 2.05. The molecular weight excluding hydrogens is 140 g/mol. The Kier molecular flexibility index (Phi) is 2.41. The van der Waals surface area contributed by atoms with Gasteiger partial charge in [0.15, 0.2) is 6.29 Å². The number of aldehydes is 1. The van der Waals surface area contributed by atoms with Gasteiger partial charge in [0.2, 0.25) is 0 Å². The standard InChI is InChI=1S/C8H12N2O/c1-3-4-8-7(5-11)9-6-10(8)2/h5-6H,3-4H2,1-2H3. The Morgan fingerprint density at radius 1 is 1.73 bits per heavy atom. The summed E-state index contributed by atoms with van der Waals surface area (Å²) in [4.78, 5) is 14.4. The van der Waals surface area contributed by atoms with E-state index in [0.29, 0.717) is 5.69 Å². The Morgan fingerprint density at radius 3 is 3.00 bits per heavy atom. The molecule has 1 rings (SSSR count). The fourth-order valence-corrected chi connectivity index (χ4v) is 1.11. The minimum atomic E-state index is 0.578. The van der Waals surface area contributed by atoms with Crippen LogP contribution >= 0.6 is 0 Å². The van der Waals surface area contributed by atoms with Crippen molar-refractivity contribution in [2.45, 2.75) is 19.8 Å². The second-order valence-corrected chi connectivity index (χ2v) is 2.56. The van der Waals surface area contributed by atoms with Gasteiger partial charge in [-0.1, -0.05) is 13.3 Å². The average molecular weight is 152 g/mol. The lowest BCUT2D eigenvalue weighted by Gasteiger charge is -1.98. The van der Waals surface area contributed by atoms with E-state index in [9.17, 15) is 4.79 Å². The summed E-state index contributed by atoms with van der Waals surface area (Å²) in [5.74, 6) is 0. The third-order valence-corrected chi connectivity index (χ3v) is 1.69. The molecule has 1 aromatic rings. The molecule has 0 unspecified atom stereocenters. The molecule has 0 spiro atoms. The van der Waals surface area contributed by atoms with Gasteiger partial charge in [-0.05, 0) is 6.42 Å². The molecule has 0 saturated heterocycles. The van der Waals surface area contributed by atoms with E-state index in [-0.39, 0.29) is 0 Å². The number of hydrogen-bond acceptors (Lipinski definition) is 2. The van der Waals surface area contributed by atoms with Crippen molar-refractivity contribution in [3.8, 4) is 0 Å². The smallest absolute Gasteiger partial charge is 0.170 e. The van der Waals surface area contributed by atoms with Gasteiger partial charge in [-0.2, -0.15) is 0 Å². The van der Waals surface area contributed by atoms with E-state index >= 15 is 0 Å². The van der Waals surface area contributed by atoms with Crippen molar-refractivity contribution in [1.82, 2.24) is 9.55 Å². The van der Waals surface area contributed by atoms with Gasteiger partial charge >= 0.3 is 0 Å². The second-order valence-electron chi connectivity index (χ2n) is 2.56. The van der Waals surface area contributed by atoms with Gasteiger partial charge < -0.3 is 4.57 Å². The highest BCUT2D eigenvalue weighted by molar-refractivity contribution is 5.73. The molecule has 0 aliphatic heterocycles. The first-order chi connectivity index (χ1) is 5.29. The van der Waals surface area contributed by atoms with E-state index in [1.807, 2.05) is 11.6 Å². The van der Waals surface area contributed by atoms with E-state index in [1.54, 1.807) is 6.33 Å². The number of aryl methyl sites for hydroxylation is 1. The molecule has 3 heteroatoms. The fraction of sp³-hybridized carbons (Fsp3) is 0.500. The second kappa shape index (κ2) is 3.32. The molecule has 0 aliphatic rings. The number of hydrogen-bond donors (Lipinski definition) is 0. The van der Waals surface area contributed by atoms with Crippen molar-refractivity contribution in [3.05, 3.63) is 17.7 Å². The summed E-state index contributed by atoms with van der Waals surface area (Å²) < 4.78 is 1.90. The van der Waals surface area contributed by atoms with Crippen molar-refractivity contribution < 1.29 is 4.79 Å². The summed E-state index contributed by atoms with van der Waals surface area (Å²) in [5.41, 5.74) is 1.61. The first kappa shape index (κ1) is 7.98. The summed E-state index contributed by atoms with van der Waals surface area (Å²) >= 11 is 0. The summed E-state index contributed by atoms with van der Waals surface area (Å²) in [6.07, 6.45) is 4.45.